The number of anilines is 2. The van der Waals surface area contributed by atoms with E-state index in [9.17, 15) is 0 Å². The number of halogens is 1. The maximum atomic E-state index is 6.09. The average molecular weight is 335 g/mol. The lowest BCUT2D eigenvalue weighted by atomic mass is 10.1. The Morgan fingerprint density at radius 1 is 1.25 bits per heavy atom. The largest absolute Gasteiger partial charge is 0.496 e. The van der Waals surface area contributed by atoms with Gasteiger partial charge in [-0.15, -0.1) is 0 Å². The van der Waals surface area contributed by atoms with Gasteiger partial charge in [0.15, 0.2) is 0 Å². The second kappa shape index (κ2) is 6.18. The monoisotopic (exact) mass is 334 g/mol. The average Bonchev–Trinajstić information content (AvgIpc) is 2.38. The van der Waals surface area contributed by atoms with E-state index in [0.29, 0.717) is 0 Å². The van der Waals surface area contributed by atoms with Gasteiger partial charge in [0.1, 0.15) is 5.75 Å². The third kappa shape index (κ3) is 3.07. The maximum absolute atomic E-state index is 6.09. The smallest absolute Gasteiger partial charge is 0.123 e. The van der Waals surface area contributed by atoms with Gasteiger partial charge in [-0.1, -0.05) is 28.1 Å². The van der Waals surface area contributed by atoms with Crippen LogP contribution in [0.2, 0.25) is 0 Å². The van der Waals surface area contributed by atoms with Crippen molar-refractivity contribution in [1.82, 2.24) is 0 Å². The molecule has 2 rings (SSSR count). The highest BCUT2D eigenvalue weighted by molar-refractivity contribution is 9.10. The molecule has 2 N–H and O–H groups in total. The normalized spacial score (nSPS) is 10.4. The first-order valence-corrected chi connectivity index (χ1v) is 7.21. The number of hydrogen-bond acceptors (Lipinski definition) is 3. The van der Waals surface area contributed by atoms with Crippen LogP contribution >= 0.6 is 15.9 Å². The second-order valence-electron chi connectivity index (χ2n) is 4.82. The highest BCUT2D eigenvalue weighted by Crippen LogP contribution is 2.30. The lowest BCUT2D eigenvalue weighted by molar-refractivity contribution is 0.409. The van der Waals surface area contributed by atoms with Crippen LogP contribution in [0.25, 0.3) is 0 Å². The maximum Gasteiger partial charge on any atom is 0.123 e. The van der Waals surface area contributed by atoms with Crippen LogP contribution in [-0.4, -0.2) is 14.2 Å². The molecule has 2 aromatic rings. The molecule has 0 bridgehead atoms. The molecule has 0 unspecified atom stereocenters. The van der Waals surface area contributed by atoms with Crippen molar-refractivity contribution in [2.75, 3.05) is 24.8 Å². The molecule has 0 amide bonds. The predicted molar refractivity (Wildman–Crippen MR) is 88.4 cm³/mol. The van der Waals surface area contributed by atoms with E-state index in [4.69, 9.17) is 10.5 Å². The van der Waals surface area contributed by atoms with Crippen LogP contribution in [0.3, 0.4) is 0 Å². The lowest BCUT2D eigenvalue weighted by Gasteiger charge is -2.24. The fourth-order valence-corrected chi connectivity index (χ4v) is 2.82. The van der Waals surface area contributed by atoms with Crippen LogP contribution in [0.15, 0.2) is 40.9 Å². The molecule has 0 radical (unpaired) electrons. The number of para-hydroxylation sites is 1. The topological polar surface area (TPSA) is 38.5 Å². The van der Waals surface area contributed by atoms with Crippen molar-refractivity contribution >= 4 is 27.3 Å². The van der Waals surface area contributed by atoms with Gasteiger partial charge < -0.3 is 15.4 Å². The fourth-order valence-electron chi connectivity index (χ4n) is 2.41. The van der Waals surface area contributed by atoms with Crippen LogP contribution in [-0.2, 0) is 6.54 Å². The first-order chi connectivity index (χ1) is 9.52. The van der Waals surface area contributed by atoms with Gasteiger partial charge in [-0.2, -0.15) is 0 Å². The Hall–Kier alpha value is -1.68. The SMILES string of the molecule is COc1ccc(Br)cc1CN(C)c1c(C)cccc1N. The molecule has 20 heavy (non-hydrogen) atoms. The first-order valence-electron chi connectivity index (χ1n) is 6.41. The number of methoxy groups -OCH3 is 1. The van der Waals surface area contributed by atoms with Crippen molar-refractivity contribution in [2.24, 2.45) is 0 Å². The molecule has 0 aromatic heterocycles. The van der Waals surface area contributed by atoms with E-state index in [1.54, 1.807) is 7.11 Å². The van der Waals surface area contributed by atoms with E-state index in [2.05, 4.69) is 39.9 Å². The summed E-state index contributed by atoms with van der Waals surface area (Å²) in [4.78, 5) is 2.15. The van der Waals surface area contributed by atoms with Gasteiger partial charge >= 0.3 is 0 Å². The zero-order chi connectivity index (χ0) is 14.7. The quantitative estimate of drug-likeness (QED) is 0.859. The summed E-state index contributed by atoms with van der Waals surface area (Å²) < 4.78 is 6.46. The van der Waals surface area contributed by atoms with E-state index in [1.165, 1.54) is 5.56 Å². The molecule has 0 aliphatic heterocycles. The first kappa shape index (κ1) is 14.7. The molecule has 106 valence electrons. The van der Waals surface area contributed by atoms with Gasteiger partial charge in [0, 0.05) is 23.6 Å². The highest BCUT2D eigenvalue weighted by atomic mass is 79.9. The molecule has 3 nitrogen and oxygen atoms in total. The van der Waals surface area contributed by atoms with Crippen molar-refractivity contribution in [2.45, 2.75) is 13.5 Å². The van der Waals surface area contributed by atoms with Gasteiger partial charge in [-0.3, -0.25) is 0 Å². The Kier molecular flexibility index (Phi) is 4.55. The minimum Gasteiger partial charge on any atom is -0.496 e. The highest BCUT2D eigenvalue weighted by Gasteiger charge is 2.12. The van der Waals surface area contributed by atoms with Gasteiger partial charge in [-0.05, 0) is 36.8 Å². The fraction of sp³-hybridized carbons (Fsp3) is 0.250. The molecule has 0 fully saturated rings. The minimum atomic E-state index is 0.734. The summed E-state index contributed by atoms with van der Waals surface area (Å²) in [7, 11) is 3.73. The Balaban J connectivity index is 2.32. The summed E-state index contributed by atoms with van der Waals surface area (Å²) in [6.45, 7) is 2.80. The summed E-state index contributed by atoms with van der Waals surface area (Å²) in [6, 6.07) is 12.0. The summed E-state index contributed by atoms with van der Waals surface area (Å²) in [5, 5.41) is 0. The number of aryl methyl sites for hydroxylation is 1. The molecule has 0 heterocycles. The second-order valence-corrected chi connectivity index (χ2v) is 5.74. The van der Waals surface area contributed by atoms with E-state index in [0.717, 1.165) is 33.7 Å². The number of rotatable bonds is 4. The lowest BCUT2D eigenvalue weighted by Crippen LogP contribution is -2.19. The summed E-state index contributed by atoms with van der Waals surface area (Å²) in [6.07, 6.45) is 0. The molecule has 0 spiro atoms. The number of hydrogen-bond donors (Lipinski definition) is 1. The van der Waals surface area contributed by atoms with Gasteiger partial charge in [-0.25, -0.2) is 0 Å². The molecule has 0 aliphatic carbocycles. The third-order valence-corrected chi connectivity index (χ3v) is 3.79. The van der Waals surface area contributed by atoms with Gasteiger partial charge in [0.2, 0.25) is 0 Å². The van der Waals surface area contributed by atoms with Crippen molar-refractivity contribution < 1.29 is 4.74 Å². The molecule has 2 aromatic carbocycles. The van der Waals surface area contributed by atoms with Crippen LogP contribution in [0.1, 0.15) is 11.1 Å². The zero-order valence-corrected chi connectivity index (χ0v) is 13.6. The van der Waals surface area contributed by atoms with Crippen molar-refractivity contribution in [3.8, 4) is 5.75 Å². The zero-order valence-electron chi connectivity index (χ0n) is 12.0. The van der Waals surface area contributed by atoms with Crippen molar-refractivity contribution in [3.63, 3.8) is 0 Å². The standard InChI is InChI=1S/C16H19BrN2O/c1-11-5-4-6-14(18)16(11)19(2)10-12-9-13(17)7-8-15(12)20-3/h4-9H,10,18H2,1-3H3. The summed E-state index contributed by atoms with van der Waals surface area (Å²) in [5.41, 5.74) is 10.2. The van der Waals surface area contributed by atoms with Crippen LogP contribution in [0, 0.1) is 6.92 Å². The van der Waals surface area contributed by atoms with Gasteiger partial charge in [0.25, 0.3) is 0 Å². The Bertz CT molecular complexity index is 593. The molecule has 0 atom stereocenters. The number of nitrogens with two attached hydrogens (primary N) is 1. The summed E-state index contributed by atoms with van der Waals surface area (Å²) in [5.74, 6) is 0.882. The van der Waals surface area contributed by atoms with E-state index < -0.39 is 0 Å². The van der Waals surface area contributed by atoms with E-state index >= 15 is 0 Å². The molecular formula is C16H19BrN2O. The van der Waals surface area contributed by atoms with Crippen LogP contribution in [0.5, 0.6) is 5.75 Å². The van der Waals surface area contributed by atoms with Gasteiger partial charge in [0.05, 0.1) is 18.5 Å². The third-order valence-electron chi connectivity index (χ3n) is 3.30. The van der Waals surface area contributed by atoms with Crippen LogP contribution in [0.4, 0.5) is 11.4 Å². The van der Waals surface area contributed by atoms with Crippen molar-refractivity contribution in [1.29, 1.82) is 0 Å². The Morgan fingerprint density at radius 3 is 2.65 bits per heavy atom. The molecule has 4 heteroatoms. The molecule has 0 saturated carbocycles. The van der Waals surface area contributed by atoms with E-state index in [1.807, 2.05) is 31.3 Å². The molecule has 0 saturated heterocycles. The Morgan fingerprint density at radius 2 is 2.00 bits per heavy atom. The Labute approximate surface area is 128 Å². The van der Waals surface area contributed by atoms with E-state index in [-0.39, 0.29) is 0 Å². The number of ether oxygens (including phenoxy) is 1. The predicted octanol–water partition coefficient (Wildman–Crippen LogP) is 3.98. The molecule has 0 aliphatic rings. The number of benzene rings is 2. The minimum absolute atomic E-state index is 0.734. The van der Waals surface area contributed by atoms with Crippen LogP contribution < -0.4 is 15.4 Å². The van der Waals surface area contributed by atoms with Crippen molar-refractivity contribution in [3.05, 3.63) is 52.0 Å². The summed E-state index contributed by atoms with van der Waals surface area (Å²) >= 11 is 3.50. The number of nitrogen functional groups attached to an aromatic ring is 1. The number of nitrogens with zero attached hydrogens (tertiary/aromatic N) is 1. The molecular weight excluding hydrogens is 316 g/mol.